The first-order valence-corrected chi connectivity index (χ1v) is 9.23. The van der Waals surface area contributed by atoms with Crippen molar-refractivity contribution in [1.29, 1.82) is 0 Å². The van der Waals surface area contributed by atoms with Crippen LogP contribution >= 0.6 is 0 Å². The number of amides is 1. The molecule has 3 N–H and O–H groups in total. The van der Waals surface area contributed by atoms with Crippen LogP contribution in [0.25, 0.3) is 0 Å². The van der Waals surface area contributed by atoms with Gasteiger partial charge in [0.05, 0.1) is 10.9 Å². The summed E-state index contributed by atoms with van der Waals surface area (Å²) in [4.78, 5) is 14.4. The Balaban J connectivity index is 2.06. The summed E-state index contributed by atoms with van der Waals surface area (Å²) >= 11 is 0. The second-order valence-electron chi connectivity index (χ2n) is 6.80. The maximum absolute atomic E-state index is 12.6. The molecule has 0 bridgehead atoms. The lowest BCUT2D eigenvalue weighted by molar-refractivity contribution is -0.136. The number of nitrogens with zero attached hydrogens (tertiary/aromatic N) is 1. The molecule has 2 unspecified atom stereocenters. The molecule has 1 aliphatic rings. The molecular weight excluding hydrogens is 314 g/mol. The van der Waals surface area contributed by atoms with Crippen LogP contribution in [-0.4, -0.2) is 44.4 Å². The molecule has 1 fully saturated rings. The van der Waals surface area contributed by atoms with E-state index in [4.69, 9.17) is 5.73 Å². The number of carbonyl (C=O) groups is 1. The Kier molecular flexibility index (Phi) is 5.13. The summed E-state index contributed by atoms with van der Waals surface area (Å²) < 4.78 is 27.1. The first kappa shape index (κ1) is 17.9. The zero-order valence-electron chi connectivity index (χ0n) is 13.8. The molecule has 0 aliphatic carbocycles. The van der Waals surface area contributed by atoms with E-state index in [1.807, 2.05) is 13.8 Å². The Morgan fingerprint density at radius 1 is 1.35 bits per heavy atom. The van der Waals surface area contributed by atoms with E-state index in [1.165, 1.54) is 12.1 Å². The summed E-state index contributed by atoms with van der Waals surface area (Å²) in [5.41, 5.74) is 5.90. The minimum absolute atomic E-state index is 0.0443. The molecule has 1 saturated heterocycles. The van der Waals surface area contributed by atoms with Gasteiger partial charge in [-0.25, -0.2) is 8.42 Å². The first-order valence-electron chi connectivity index (χ1n) is 7.75. The second kappa shape index (κ2) is 6.59. The van der Waals surface area contributed by atoms with E-state index in [0.717, 1.165) is 6.42 Å². The monoisotopic (exact) mass is 339 g/mol. The highest BCUT2D eigenvalue weighted by Crippen LogP contribution is 2.28. The van der Waals surface area contributed by atoms with Gasteiger partial charge in [-0.3, -0.25) is 4.79 Å². The summed E-state index contributed by atoms with van der Waals surface area (Å²) in [5.74, 6) is -0.218. The van der Waals surface area contributed by atoms with E-state index in [-0.39, 0.29) is 22.3 Å². The van der Waals surface area contributed by atoms with Crippen LogP contribution in [0.2, 0.25) is 0 Å². The second-order valence-corrected chi connectivity index (χ2v) is 8.51. The minimum atomic E-state index is -3.70. The van der Waals surface area contributed by atoms with Crippen LogP contribution in [0, 0.1) is 5.41 Å². The number of sulfonamides is 1. The van der Waals surface area contributed by atoms with Crippen molar-refractivity contribution in [3.8, 4) is 0 Å². The molecule has 1 amide bonds. The van der Waals surface area contributed by atoms with Gasteiger partial charge < -0.3 is 10.6 Å². The molecule has 1 aliphatic heterocycles. The molecule has 1 aromatic rings. The number of nitrogens with one attached hydrogen (secondary N) is 1. The van der Waals surface area contributed by atoms with Gasteiger partial charge in [-0.1, -0.05) is 32.0 Å². The van der Waals surface area contributed by atoms with E-state index in [1.54, 1.807) is 30.0 Å². The van der Waals surface area contributed by atoms with Gasteiger partial charge in [0.1, 0.15) is 0 Å². The van der Waals surface area contributed by atoms with Crippen LogP contribution in [-0.2, 0) is 14.8 Å². The van der Waals surface area contributed by atoms with E-state index in [2.05, 4.69) is 4.72 Å². The van der Waals surface area contributed by atoms with Gasteiger partial charge in [0.15, 0.2) is 0 Å². The third-order valence-electron chi connectivity index (χ3n) is 4.38. The molecule has 2 rings (SSSR count). The Bertz CT molecular complexity index is 658. The minimum Gasteiger partial charge on any atom is -0.341 e. The standard InChI is InChI=1S/C16H25N3O3S/c1-12(18-23(21,22)13-7-5-4-6-8-13)15(20)19-10-9-14(17)16(2,3)11-19/h4-8,12,14,18H,9-11,17H2,1-3H3. The van der Waals surface area contributed by atoms with Crippen molar-refractivity contribution in [3.05, 3.63) is 30.3 Å². The maximum atomic E-state index is 12.6. The van der Waals surface area contributed by atoms with Crippen LogP contribution in [0.1, 0.15) is 27.2 Å². The summed E-state index contributed by atoms with van der Waals surface area (Å²) in [7, 11) is -3.70. The Hall–Kier alpha value is -1.44. The molecule has 0 spiro atoms. The molecule has 1 aromatic carbocycles. The number of likely N-dealkylation sites (tertiary alicyclic amines) is 1. The molecule has 2 atom stereocenters. The van der Waals surface area contributed by atoms with Crippen LogP contribution in [0.3, 0.4) is 0 Å². The predicted octanol–water partition coefficient (Wildman–Crippen LogP) is 0.939. The number of piperidine rings is 1. The predicted molar refractivity (Wildman–Crippen MR) is 89.2 cm³/mol. The van der Waals surface area contributed by atoms with Crippen LogP contribution in [0.4, 0.5) is 0 Å². The van der Waals surface area contributed by atoms with Crippen molar-refractivity contribution >= 4 is 15.9 Å². The van der Waals surface area contributed by atoms with Crippen molar-refractivity contribution in [1.82, 2.24) is 9.62 Å². The SMILES string of the molecule is CC(NS(=O)(=O)c1ccccc1)C(=O)N1CCC(N)C(C)(C)C1. The number of benzene rings is 1. The number of carbonyl (C=O) groups excluding carboxylic acids is 1. The van der Waals surface area contributed by atoms with Crippen LogP contribution in [0.5, 0.6) is 0 Å². The van der Waals surface area contributed by atoms with Gasteiger partial charge in [-0.2, -0.15) is 4.72 Å². The van der Waals surface area contributed by atoms with Gasteiger partial charge in [-0.15, -0.1) is 0 Å². The lowest BCUT2D eigenvalue weighted by Gasteiger charge is -2.43. The molecule has 0 radical (unpaired) electrons. The Morgan fingerprint density at radius 3 is 2.52 bits per heavy atom. The third-order valence-corrected chi connectivity index (χ3v) is 5.94. The number of hydrogen-bond acceptors (Lipinski definition) is 4. The lowest BCUT2D eigenvalue weighted by Crippen LogP contribution is -2.57. The van der Waals surface area contributed by atoms with Gasteiger partial charge in [0.25, 0.3) is 0 Å². The quantitative estimate of drug-likeness (QED) is 0.854. The fourth-order valence-electron chi connectivity index (χ4n) is 2.79. The van der Waals surface area contributed by atoms with Gasteiger partial charge >= 0.3 is 0 Å². The van der Waals surface area contributed by atoms with Crippen LogP contribution < -0.4 is 10.5 Å². The number of rotatable bonds is 4. The van der Waals surface area contributed by atoms with E-state index in [0.29, 0.717) is 13.1 Å². The Labute approximate surface area is 138 Å². The average Bonchev–Trinajstić information content (AvgIpc) is 2.49. The van der Waals surface area contributed by atoms with Crippen molar-refractivity contribution in [2.45, 2.75) is 44.2 Å². The molecule has 23 heavy (non-hydrogen) atoms. The summed E-state index contributed by atoms with van der Waals surface area (Å²) in [5, 5.41) is 0. The summed E-state index contributed by atoms with van der Waals surface area (Å²) in [6.07, 6.45) is 0.719. The zero-order valence-corrected chi connectivity index (χ0v) is 14.6. The van der Waals surface area contributed by atoms with E-state index in [9.17, 15) is 13.2 Å². The fraction of sp³-hybridized carbons (Fsp3) is 0.562. The van der Waals surface area contributed by atoms with Gasteiger partial charge in [0.2, 0.25) is 15.9 Å². The van der Waals surface area contributed by atoms with Gasteiger partial charge in [0, 0.05) is 19.1 Å². The molecule has 128 valence electrons. The normalized spacial score (nSPS) is 22.6. The van der Waals surface area contributed by atoms with Crippen LogP contribution in [0.15, 0.2) is 35.2 Å². The maximum Gasteiger partial charge on any atom is 0.241 e. The van der Waals surface area contributed by atoms with Crippen molar-refractivity contribution in [3.63, 3.8) is 0 Å². The Morgan fingerprint density at radius 2 is 1.96 bits per heavy atom. The third kappa shape index (κ3) is 4.10. The van der Waals surface area contributed by atoms with Gasteiger partial charge in [-0.05, 0) is 30.9 Å². The summed E-state index contributed by atoms with van der Waals surface area (Å²) in [6, 6.07) is 7.27. The topological polar surface area (TPSA) is 92.5 Å². The molecule has 0 saturated carbocycles. The number of nitrogens with two attached hydrogens (primary N) is 1. The molecule has 7 heteroatoms. The molecular formula is C16H25N3O3S. The highest BCUT2D eigenvalue weighted by Gasteiger charge is 2.37. The van der Waals surface area contributed by atoms with Crippen molar-refractivity contribution in [2.75, 3.05) is 13.1 Å². The highest BCUT2D eigenvalue weighted by molar-refractivity contribution is 7.89. The van der Waals surface area contributed by atoms with E-state index < -0.39 is 16.1 Å². The fourth-order valence-corrected chi connectivity index (χ4v) is 4.00. The zero-order chi connectivity index (χ0) is 17.3. The smallest absolute Gasteiger partial charge is 0.241 e. The molecule has 6 nitrogen and oxygen atoms in total. The largest absolute Gasteiger partial charge is 0.341 e. The van der Waals surface area contributed by atoms with Crippen molar-refractivity contribution in [2.24, 2.45) is 11.1 Å². The van der Waals surface area contributed by atoms with Crippen molar-refractivity contribution < 1.29 is 13.2 Å². The first-order chi connectivity index (χ1) is 10.6. The average molecular weight is 339 g/mol. The number of hydrogen-bond donors (Lipinski definition) is 2. The van der Waals surface area contributed by atoms with E-state index >= 15 is 0 Å². The molecule has 0 aromatic heterocycles. The lowest BCUT2D eigenvalue weighted by atomic mass is 9.79. The molecule has 1 heterocycles. The highest BCUT2D eigenvalue weighted by atomic mass is 32.2. The summed E-state index contributed by atoms with van der Waals surface area (Å²) in [6.45, 7) is 6.71.